The molecule has 0 aliphatic carbocycles. The molecule has 5 nitrogen and oxygen atoms in total. The minimum atomic E-state index is -0.338. The Morgan fingerprint density at radius 1 is 1.28 bits per heavy atom. The van der Waals surface area contributed by atoms with E-state index in [1.54, 1.807) is 25.3 Å². The van der Waals surface area contributed by atoms with E-state index in [-0.39, 0.29) is 54.8 Å². The number of ketones is 1. The molecule has 1 unspecified atom stereocenters. The van der Waals surface area contributed by atoms with Gasteiger partial charge >= 0.3 is 0 Å². The molecule has 4 rings (SSSR count). The van der Waals surface area contributed by atoms with Crippen molar-refractivity contribution in [3.8, 4) is 17.2 Å². The minimum Gasteiger partial charge on any atom is -1.00 e. The number of hydrogen-bond donors (Lipinski definition) is 0. The molecule has 29 heavy (non-hydrogen) atoms. The Hall–Kier alpha value is -1.87. The quantitative estimate of drug-likeness (QED) is 0.431. The first-order chi connectivity index (χ1) is 13.4. The second kappa shape index (κ2) is 8.47. The number of Topliss-reactive ketones (excluding diaryl/α,β-unsaturated/α-hetero) is 1. The van der Waals surface area contributed by atoms with Crippen LogP contribution in [0.15, 0.2) is 30.3 Å². The number of ether oxygens (including phenoxy) is 3. The molecular formula is C22H25FINO4. The van der Waals surface area contributed by atoms with Gasteiger partial charge in [0, 0.05) is 12.8 Å². The lowest BCUT2D eigenvalue weighted by molar-refractivity contribution is -0.922. The summed E-state index contributed by atoms with van der Waals surface area (Å²) in [5.41, 5.74) is 2.57. The largest absolute Gasteiger partial charge is 1.00 e. The molecule has 0 saturated carbocycles. The smallest absolute Gasteiger partial charge is 0.231 e. The van der Waals surface area contributed by atoms with Crippen LogP contribution in [0.2, 0.25) is 0 Å². The van der Waals surface area contributed by atoms with Gasteiger partial charge in [-0.25, -0.2) is 4.39 Å². The number of quaternary nitrogens is 1. The first kappa shape index (κ1) is 21.8. The second-order valence-corrected chi connectivity index (χ2v) is 8.00. The fourth-order valence-corrected chi connectivity index (χ4v) is 4.26. The van der Waals surface area contributed by atoms with E-state index < -0.39 is 0 Å². The normalized spacial score (nSPS) is 18.6. The van der Waals surface area contributed by atoms with Crippen LogP contribution in [0, 0.1) is 5.82 Å². The zero-order valence-corrected chi connectivity index (χ0v) is 19.0. The van der Waals surface area contributed by atoms with Gasteiger partial charge in [-0.2, -0.15) is 0 Å². The summed E-state index contributed by atoms with van der Waals surface area (Å²) in [6.45, 7) is 1.07. The molecule has 0 fully saturated rings. The van der Waals surface area contributed by atoms with Gasteiger partial charge in [-0.05, 0) is 23.3 Å². The van der Waals surface area contributed by atoms with Crippen molar-refractivity contribution in [2.45, 2.75) is 25.3 Å². The van der Waals surface area contributed by atoms with Gasteiger partial charge < -0.3 is 42.7 Å². The van der Waals surface area contributed by atoms with Crippen molar-refractivity contribution in [3.05, 3.63) is 52.8 Å². The summed E-state index contributed by atoms with van der Waals surface area (Å²) in [6.07, 6.45) is 1.27. The van der Waals surface area contributed by atoms with Crippen LogP contribution >= 0.6 is 0 Å². The number of rotatable bonds is 5. The number of nitrogens with zero attached hydrogens (tertiary/aromatic N) is 1. The molecule has 2 aliphatic heterocycles. The zero-order chi connectivity index (χ0) is 19.9. The van der Waals surface area contributed by atoms with Crippen LogP contribution in [0.25, 0.3) is 0 Å². The number of fused-ring (bicyclic) bond motifs is 2. The molecule has 1 atom stereocenters. The standard InChI is InChI=1S/C22H25FNO4.HI/c1-24(2)9-8-15-11-19-21(28-13-27-19)22(26-3)20(15)18(24)12-16(25)10-14-6-4-5-7-17(14)23;/h4-7,11,18H,8-10,12-13H2,1-3H3;1H/q+1;/p-1. The van der Waals surface area contributed by atoms with Crippen LogP contribution in [-0.4, -0.2) is 44.8 Å². The summed E-state index contributed by atoms with van der Waals surface area (Å²) in [5.74, 6) is 1.62. The maximum absolute atomic E-state index is 14.0. The summed E-state index contributed by atoms with van der Waals surface area (Å²) in [7, 11) is 5.85. The van der Waals surface area contributed by atoms with Crippen molar-refractivity contribution in [1.82, 2.24) is 0 Å². The highest BCUT2D eigenvalue weighted by Gasteiger charge is 2.42. The third-order valence-electron chi connectivity index (χ3n) is 5.85. The van der Waals surface area contributed by atoms with Crippen molar-refractivity contribution in [1.29, 1.82) is 0 Å². The molecule has 0 bridgehead atoms. The third-order valence-corrected chi connectivity index (χ3v) is 5.85. The van der Waals surface area contributed by atoms with E-state index in [9.17, 15) is 9.18 Å². The Morgan fingerprint density at radius 3 is 2.76 bits per heavy atom. The summed E-state index contributed by atoms with van der Waals surface area (Å²) in [5, 5.41) is 0. The zero-order valence-electron chi connectivity index (χ0n) is 16.8. The first-order valence-electron chi connectivity index (χ1n) is 9.48. The molecule has 0 amide bonds. The minimum absolute atomic E-state index is 0. The lowest BCUT2D eigenvalue weighted by Crippen LogP contribution is -3.00. The van der Waals surface area contributed by atoms with Crippen molar-refractivity contribution in [2.24, 2.45) is 0 Å². The molecule has 2 aromatic carbocycles. The summed E-state index contributed by atoms with van der Waals surface area (Å²) in [4.78, 5) is 12.9. The highest BCUT2D eigenvalue weighted by molar-refractivity contribution is 5.82. The Labute approximate surface area is 187 Å². The predicted octanol–water partition coefficient (Wildman–Crippen LogP) is 0.442. The van der Waals surface area contributed by atoms with E-state index in [0.717, 1.165) is 24.1 Å². The molecule has 0 spiro atoms. The van der Waals surface area contributed by atoms with E-state index in [1.807, 2.05) is 6.07 Å². The number of carbonyl (C=O) groups is 1. The van der Waals surface area contributed by atoms with Crippen LogP contribution in [0.5, 0.6) is 17.2 Å². The van der Waals surface area contributed by atoms with Crippen molar-refractivity contribution in [3.63, 3.8) is 0 Å². The van der Waals surface area contributed by atoms with Crippen molar-refractivity contribution in [2.75, 3.05) is 34.5 Å². The molecule has 7 heteroatoms. The second-order valence-electron chi connectivity index (χ2n) is 8.00. The molecule has 0 radical (unpaired) electrons. The maximum atomic E-state index is 14.0. The highest BCUT2D eigenvalue weighted by atomic mass is 127. The van der Waals surface area contributed by atoms with Gasteiger partial charge in [0.15, 0.2) is 11.5 Å². The summed E-state index contributed by atoms with van der Waals surface area (Å²) >= 11 is 0. The lowest BCUT2D eigenvalue weighted by atomic mass is 9.86. The number of likely N-dealkylation sites (N-methyl/N-ethyl adjacent to an activating group) is 1. The average Bonchev–Trinajstić information content (AvgIpc) is 3.12. The van der Waals surface area contributed by atoms with Gasteiger partial charge in [0.25, 0.3) is 0 Å². The van der Waals surface area contributed by atoms with E-state index in [2.05, 4.69) is 14.1 Å². The van der Waals surface area contributed by atoms with Crippen molar-refractivity contribution >= 4 is 5.78 Å². The molecule has 2 heterocycles. The van der Waals surface area contributed by atoms with E-state index >= 15 is 0 Å². The summed E-state index contributed by atoms with van der Waals surface area (Å²) in [6, 6.07) is 8.36. The van der Waals surface area contributed by atoms with Gasteiger partial charge in [0.2, 0.25) is 12.5 Å². The molecule has 156 valence electrons. The number of methoxy groups -OCH3 is 1. The van der Waals surface area contributed by atoms with E-state index in [0.29, 0.717) is 33.7 Å². The predicted molar refractivity (Wildman–Crippen MR) is 102 cm³/mol. The number of carbonyl (C=O) groups excluding carboxylic acids is 1. The molecular weight excluding hydrogens is 488 g/mol. The number of benzene rings is 2. The molecule has 2 aromatic rings. The SMILES string of the molecule is COc1c2c(cc3c1C(CC(=O)Cc1ccccc1F)[N+](C)(C)CC3)OCO2.[I-]. The van der Waals surface area contributed by atoms with Crippen LogP contribution in [-0.2, 0) is 17.6 Å². The van der Waals surface area contributed by atoms with Gasteiger partial charge in [-0.1, -0.05) is 18.2 Å². The highest BCUT2D eigenvalue weighted by Crippen LogP contribution is 2.51. The molecule has 0 N–H and O–H groups in total. The topological polar surface area (TPSA) is 44.8 Å². The fourth-order valence-electron chi connectivity index (χ4n) is 4.26. The average molecular weight is 513 g/mol. The summed E-state index contributed by atoms with van der Waals surface area (Å²) < 4.78 is 31.5. The van der Waals surface area contributed by atoms with Gasteiger partial charge in [-0.3, -0.25) is 4.79 Å². The van der Waals surface area contributed by atoms with Gasteiger partial charge in [0.05, 0.1) is 39.7 Å². The van der Waals surface area contributed by atoms with Crippen LogP contribution in [0.1, 0.15) is 29.2 Å². The Morgan fingerprint density at radius 2 is 2.03 bits per heavy atom. The Kier molecular flexibility index (Phi) is 6.38. The number of hydrogen-bond acceptors (Lipinski definition) is 4. The number of halogens is 2. The van der Waals surface area contributed by atoms with Crippen LogP contribution in [0.3, 0.4) is 0 Å². The monoisotopic (exact) mass is 513 g/mol. The molecule has 2 aliphatic rings. The van der Waals surface area contributed by atoms with Gasteiger partial charge in [-0.15, -0.1) is 0 Å². The van der Waals surface area contributed by atoms with Gasteiger partial charge in [0.1, 0.15) is 17.6 Å². The fraction of sp³-hybridized carbons (Fsp3) is 0.409. The molecule has 0 saturated heterocycles. The van der Waals surface area contributed by atoms with E-state index in [4.69, 9.17) is 14.2 Å². The van der Waals surface area contributed by atoms with Crippen LogP contribution < -0.4 is 38.2 Å². The van der Waals surface area contributed by atoms with Crippen molar-refractivity contribution < 1.29 is 51.9 Å². The molecule has 0 aromatic heterocycles. The Bertz CT molecular complexity index is 931. The Balaban J connectivity index is 0.00000240. The maximum Gasteiger partial charge on any atom is 0.231 e. The first-order valence-corrected chi connectivity index (χ1v) is 9.48. The lowest BCUT2D eigenvalue weighted by Gasteiger charge is -2.43. The van der Waals surface area contributed by atoms with E-state index in [1.165, 1.54) is 6.07 Å². The van der Waals surface area contributed by atoms with Crippen LogP contribution in [0.4, 0.5) is 4.39 Å². The third kappa shape index (κ3) is 4.07.